The molecule has 0 radical (unpaired) electrons. The first kappa shape index (κ1) is 15.6. The van der Waals surface area contributed by atoms with Crippen molar-refractivity contribution in [1.82, 2.24) is 0 Å². The van der Waals surface area contributed by atoms with Crippen molar-refractivity contribution in [2.24, 2.45) is 0 Å². The van der Waals surface area contributed by atoms with Crippen molar-refractivity contribution < 1.29 is 0 Å². The van der Waals surface area contributed by atoms with Gasteiger partial charge in [-0.3, -0.25) is 0 Å². The average Bonchev–Trinajstić information content (AvgIpc) is 2.83. The van der Waals surface area contributed by atoms with Gasteiger partial charge in [0.05, 0.1) is 0 Å². The normalized spacial score (nSPS) is 14.7. The fourth-order valence-electron chi connectivity index (χ4n) is 4.45. The first-order chi connectivity index (χ1) is 12.0. The molecule has 0 aliphatic heterocycles. The summed E-state index contributed by atoms with van der Waals surface area (Å²) in [6.07, 6.45) is 0. The molecule has 4 aromatic carbocycles. The van der Waals surface area contributed by atoms with E-state index in [4.69, 9.17) is 0 Å². The van der Waals surface area contributed by atoms with Gasteiger partial charge in [-0.2, -0.15) is 0 Å². The van der Waals surface area contributed by atoms with Gasteiger partial charge in [0.25, 0.3) is 0 Å². The Bertz CT molecular complexity index is 1190. The highest BCUT2D eigenvalue weighted by atomic mass is 79.9. The van der Waals surface area contributed by atoms with E-state index in [0.717, 1.165) is 4.47 Å². The zero-order valence-corrected chi connectivity index (χ0v) is 17.2. The van der Waals surface area contributed by atoms with Crippen molar-refractivity contribution >= 4 is 53.4 Å². The highest BCUT2D eigenvalue weighted by molar-refractivity contribution is 9.11. The van der Waals surface area contributed by atoms with Crippen molar-refractivity contribution in [2.75, 3.05) is 0 Å². The van der Waals surface area contributed by atoms with Gasteiger partial charge in [-0.25, -0.2) is 0 Å². The maximum atomic E-state index is 3.81. The number of hydrogen-bond acceptors (Lipinski definition) is 0. The van der Waals surface area contributed by atoms with Gasteiger partial charge >= 0.3 is 0 Å². The van der Waals surface area contributed by atoms with Gasteiger partial charge in [0.1, 0.15) is 0 Å². The molecule has 0 fully saturated rings. The lowest BCUT2D eigenvalue weighted by Gasteiger charge is -2.24. The molecule has 1 aliphatic carbocycles. The Morgan fingerprint density at radius 1 is 0.680 bits per heavy atom. The zero-order valence-electron chi connectivity index (χ0n) is 14.0. The predicted molar refractivity (Wildman–Crippen MR) is 114 cm³/mol. The Morgan fingerprint density at radius 3 is 1.88 bits per heavy atom. The summed E-state index contributed by atoms with van der Waals surface area (Å²) in [4.78, 5) is 0. The van der Waals surface area contributed by atoms with Gasteiger partial charge < -0.3 is 0 Å². The lowest BCUT2D eigenvalue weighted by Crippen LogP contribution is -2.15. The van der Waals surface area contributed by atoms with E-state index in [1.807, 2.05) is 0 Å². The van der Waals surface area contributed by atoms with Gasteiger partial charge in [-0.15, -0.1) is 0 Å². The fourth-order valence-corrected chi connectivity index (χ4v) is 5.60. The minimum atomic E-state index is -0.0302. The lowest BCUT2D eigenvalue weighted by atomic mass is 9.80. The maximum absolute atomic E-state index is 3.81. The molecular formula is C23H16Br2. The minimum Gasteiger partial charge on any atom is -0.0616 e. The number of benzene rings is 4. The second kappa shape index (κ2) is 5.18. The molecule has 0 nitrogen and oxygen atoms in total. The molecule has 0 aromatic heterocycles. The molecule has 0 atom stereocenters. The Balaban J connectivity index is 2.05. The molecule has 0 saturated carbocycles. The van der Waals surface area contributed by atoms with Crippen LogP contribution in [0.4, 0.5) is 0 Å². The summed E-state index contributed by atoms with van der Waals surface area (Å²) < 4.78 is 2.34. The first-order valence-electron chi connectivity index (χ1n) is 8.44. The quantitative estimate of drug-likeness (QED) is 0.255. The Hall–Kier alpha value is -1.64. The molecule has 0 heterocycles. The Morgan fingerprint density at radius 2 is 1.20 bits per heavy atom. The smallest absolute Gasteiger partial charge is 0.0260 e. The maximum Gasteiger partial charge on any atom is 0.0260 e. The van der Waals surface area contributed by atoms with Crippen molar-refractivity contribution in [3.8, 4) is 11.1 Å². The summed E-state index contributed by atoms with van der Waals surface area (Å²) in [6.45, 7) is 4.69. The van der Waals surface area contributed by atoms with E-state index in [2.05, 4.69) is 106 Å². The van der Waals surface area contributed by atoms with Gasteiger partial charge in [0, 0.05) is 14.4 Å². The Kier molecular flexibility index (Phi) is 3.24. The lowest BCUT2D eigenvalue weighted by molar-refractivity contribution is 0.666. The van der Waals surface area contributed by atoms with Crippen LogP contribution in [0.25, 0.3) is 32.7 Å². The van der Waals surface area contributed by atoms with E-state index in [0.29, 0.717) is 0 Å². The van der Waals surface area contributed by atoms with Gasteiger partial charge in [-0.05, 0) is 55.9 Å². The molecule has 122 valence electrons. The number of fused-ring (bicyclic) bond motifs is 7. The van der Waals surface area contributed by atoms with Crippen LogP contribution in [0.3, 0.4) is 0 Å². The predicted octanol–water partition coefficient (Wildman–Crippen LogP) is 7.82. The van der Waals surface area contributed by atoms with Crippen LogP contribution in [0.5, 0.6) is 0 Å². The second-order valence-corrected chi connectivity index (χ2v) is 8.99. The van der Waals surface area contributed by atoms with E-state index in [9.17, 15) is 0 Å². The third-order valence-corrected chi connectivity index (χ3v) is 6.87. The standard InChI is InChI=1S/C23H16Br2/c1-23(2)18-12-20(25)13-7-3-5-9-15(13)21(18)17-11-19(24)14-8-4-6-10-16(14)22(17)23/h3-12H,1-2H3. The topological polar surface area (TPSA) is 0 Å². The SMILES string of the molecule is CC1(C)c2cc(Br)c3ccccc3c2-c2cc(Br)c3ccccc3c21. The molecule has 0 unspecified atom stereocenters. The van der Waals surface area contributed by atoms with Crippen LogP contribution in [-0.4, -0.2) is 0 Å². The molecule has 0 saturated heterocycles. The summed E-state index contributed by atoms with van der Waals surface area (Å²) in [7, 11) is 0. The van der Waals surface area contributed by atoms with E-state index >= 15 is 0 Å². The summed E-state index contributed by atoms with van der Waals surface area (Å²) in [5, 5.41) is 5.22. The zero-order chi connectivity index (χ0) is 17.3. The Labute approximate surface area is 164 Å². The number of hydrogen-bond donors (Lipinski definition) is 0. The van der Waals surface area contributed by atoms with Crippen LogP contribution < -0.4 is 0 Å². The van der Waals surface area contributed by atoms with Crippen molar-refractivity contribution in [2.45, 2.75) is 19.3 Å². The van der Waals surface area contributed by atoms with Crippen LogP contribution in [0.1, 0.15) is 25.0 Å². The van der Waals surface area contributed by atoms with Crippen LogP contribution in [0, 0.1) is 0 Å². The average molecular weight is 452 g/mol. The van der Waals surface area contributed by atoms with Crippen molar-refractivity contribution in [1.29, 1.82) is 0 Å². The van der Waals surface area contributed by atoms with Gasteiger partial charge in [0.2, 0.25) is 0 Å². The van der Waals surface area contributed by atoms with E-state index in [-0.39, 0.29) is 5.41 Å². The fraction of sp³-hybridized carbons (Fsp3) is 0.130. The molecule has 5 rings (SSSR count). The molecule has 2 heteroatoms. The van der Waals surface area contributed by atoms with Crippen LogP contribution in [0.2, 0.25) is 0 Å². The molecule has 4 aromatic rings. The first-order valence-corrected chi connectivity index (χ1v) is 10.0. The highest BCUT2D eigenvalue weighted by Gasteiger charge is 2.38. The number of halogens is 2. The molecule has 1 aliphatic rings. The van der Waals surface area contributed by atoms with E-state index < -0.39 is 0 Å². The molecule has 0 N–H and O–H groups in total. The molecule has 25 heavy (non-hydrogen) atoms. The van der Waals surface area contributed by atoms with Gasteiger partial charge in [0.15, 0.2) is 0 Å². The van der Waals surface area contributed by atoms with Crippen molar-refractivity contribution in [3.63, 3.8) is 0 Å². The van der Waals surface area contributed by atoms with E-state index in [1.165, 1.54) is 48.3 Å². The minimum absolute atomic E-state index is 0.0302. The van der Waals surface area contributed by atoms with Crippen LogP contribution in [-0.2, 0) is 5.41 Å². The molecule has 0 spiro atoms. The van der Waals surface area contributed by atoms with Crippen LogP contribution >= 0.6 is 31.9 Å². The number of rotatable bonds is 0. The van der Waals surface area contributed by atoms with Gasteiger partial charge in [-0.1, -0.05) is 94.2 Å². The largest absolute Gasteiger partial charge is 0.0616 e. The third-order valence-electron chi connectivity index (χ3n) is 5.56. The summed E-state index contributed by atoms with van der Waals surface area (Å²) >= 11 is 7.61. The second-order valence-electron chi connectivity index (χ2n) is 7.28. The highest BCUT2D eigenvalue weighted by Crippen LogP contribution is 2.55. The van der Waals surface area contributed by atoms with Crippen molar-refractivity contribution in [3.05, 3.63) is 80.7 Å². The van der Waals surface area contributed by atoms with Crippen LogP contribution in [0.15, 0.2) is 69.6 Å². The summed E-state index contributed by atoms with van der Waals surface area (Å²) in [6, 6.07) is 22.0. The molecule has 0 bridgehead atoms. The monoisotopic (exact) mass is 450 g/mol. The summed E-state index contributed by atoms with van der Waals surface area (Å²) in [5.74, 6) is 0. The molecule has 0 amide bonds. The summed E-state index contributed by atoms with van der Waals surface area (Å²) in [5.41, 5.74) is 5.54. The van der Waals surface area contributed by atoms with E-state index in [1.54, 1.807) is 0 Å². The molecular weight excluding hydrogens is 436 g/mol. The third kappa shape index (κ3) is 1.98.